The Morgan fingerprint density at radius 2 is 2.14 bits per heavy atom. The summed E-state index contributed by atoms with van der Waals surface area (Å²) in [6.45, 7) is 1.94. The monoisotopic (exact) mass is 284 g/mol. The van der Waals surface area contributed by atoms with Crippen molar-refractivity contribution in [2.24, 2.45) is 0 Å². The summed E-state index contributed by atoms with van der Waals surface area (Å²) in [7, 11) is 0. The molecule has 1 aromatic carbocycles. The Labute approximate surface area is 120 Å². The predicted octanol–water partition coefficient (Wildman–Crippen LogP) is 4.01. The minimum absolute atomic E-state index is 0.0161. The molecule has 0 atom stereocenters. The molecular formula is C16H13FN2O2. The first-order valence-electron chi connectivity index (χ1n) is 6.73. The minimum Gasteiger partial charge on any atom is -0.418 e. The lowest BCUT2D eigenvalue weighted by molar-refractivity contribution is 0.0981. The van der Waals surface area contributed by atoms with E-state index < -0.39 is 5.82 Å². The van der Waals surface area contributed by atoms with Crippen LogP contribution in [-0.4, -0.2) is 15.8 Å². The molecule has 21 heavy (non-hydrogen) atoms. The van der Waals surface area contributed by atoms with Crippen molar-refractivity contribution in [3.63, 3.8) is 0 Å². The third kappa shape index (κ3) is 2.54. The largest absolute Gasteiger partial charge is 0.418 e. The van der Waals surface area contributed by atoms with Crippen LogP contribution in [0.1, 0.15) is 30.1 Å². The minimum atomic E-state index is -0.411. The van der Waals surface area contributed by atoms with Gasteiger partial charge in [-0.1, -0.05) is 19.1 Å². The van der Waals surface area contributed by atoms with E-state index in [1.54, 1.807) is 24.3 Å². The van der Waals surface area contributed by atoms with Crippen molar-refractivity contribution < 1.29 is 13.6 Å². The number of aromatic nitrogens is 2. The molecule has 0 N–H and O–H groups in total. The molecule has 0 fully saturated rings. The Morgan fingerprint density at radius 3 is 2.90 bits per heavy atom. The number of hydrogen-bond donors (Lipinski definition) is 0. The summed E-state index contributed by atoms with van der Waals surface area (Å²) >= 11 is 0. The molecular weight excluding hydrogens is 271 g/mol. The summed E-state index contributed by atoms with van der Waals surface area (Å²) in [5.74, 6) is -0.232. The van der Waals surface area contributed by atoms with Gasteiger partial charge in [0.05, 0.1) is 5.56 Å². The summed E-state index contributed by atoms with van der Waals surface area (Å²) in [4.78, 5) is 20.2. The van der Waals surface area contributed by atoms with Crippen molar-refractivity contribution in [1.82, 2.24) is 9.97 Å². The van der Waals surface area contributed by atoms with Gasteiger partial charge in [0.1, 0.15) is 11.3 Å². The third-order valence-electron chi connectivity index (χ3n) is 3.15. The highest BCUT2D eigenvalue weighted by Crippen LogP contribution is 2.25. The molecule has 0 bridgehead atoms. The number of nitrogens with zero attached hydrogens (tertiary/aromatic N) is 2. The van der Waals surface area contributed by atoms with E-state index in [1.165, 1.54) is 12.3 Å². The Hall–Kier alpha value is -2.56. The number of ketones is 1. The molecule has 0 saturated carbocycles. The first-order valence-corrected chi connectivity index (χ1v) is 6.73. The van der Waals surface area contributed by atoms with Gasteiger partial charge in [-0.25, -0.2) is 14.4 Å². The van der Waals surface area contributed by atoms with Gasteiger partial charge in [0.2, 0.25) is 11.6 Å². The van der Waals surface area contributed by atoms with Crippen LogP contribution in [-0.2, 0) is 0 Å². The Bertz CT molecular complexity index is 811. The van der Waals surface area contributed by atoms with Crippen LogP contribution in [0.4, 0.5) is 4.39 Å². The number of fused-ring (bicyclic) bond motifs is 1. The molecule has 0 amide bonds. The molecule has 3 aromatic rings. The third-order valence-corrected chi connectivity index (χ3v) is 3.15. The highest BCUT2D eigenvalue weighted by molar-refractivity contribution is 5.97. The first kappa shape index (κ1) is 13.4. The number of benzene rings is 1. The summed E-state index contributed by atoms with van der Waals surface area (Å²) in [5, 5.41) is 0. The highest BCUT2D eigenvalue weighted by atomic mass is 19.1. The fourth-order valence-electron chi connectivity index (χ4n) is 2.10. The van der Waals surface area contributed by atoms with Crippen molar-refractivity contribution in [3.05, 3.63) is 47.9 Å². The number of pyridine rings is 1. The van der Waals surface area contributed by atoms with Crippen LogP contribution in [0, 0.1) is 5.82 Å². The number of carbonyl (C=O) groups is 1. The fourth-order valence-corrected chi connectivity index (χ4v) is 2.10. The second-order valence-electron chi connectivity index (χ2n) is 4.72. The lowest BCUT2D eigenvalue weighted by Gasteiger charge is -1.96. The molecule has 0 aliphatic rings. The number of halogens is 1. The van der Waals surface area contributed by atoms with Crippen LogP contribution in [0.3, 0.4) is 0 Å². The normalized spacial score (nSPS) is 11.0. The van der Waals surface area contributed by atoms with Gasteiger partial charge < -0.3 is 4.42 Å². The number of oxazole rings is 1. The predicted molar refractivity (Wildman–Crippen MR) is 76.4 cm³/mol. The molecule has 5 heteroatoms. The van der Waals surface area contributed by atoms with Gasteiger partial charge in [0.25, 0.3) is 0 Å². The smallest absolute Gasteiger partial charge is 0.247 e. The number of rotatable bonds is 4. The molecule has 0 radical (unpaired) electrons. The molecule has 2 aromatic heterocycles. The molecule has 4 nitrogen and oxygen atoms in total. The van der Waals surface area contributed by atoms with Gasteiger partial charge in [-0.3, -0.25) is 4.79 Å². The van der Waals surface area contributed by atoms with Gasteiger partial charge in [0.15, 0.2) is 5.78 Å². The molecule has 0 saturated heterocycles. The maximum absolute atomic E-state index is 13.7. The Morgan fingerprint density at radius 1 is 1.33 bits per heavy atom. The fraction of sp³-hybridized carbons (Fsp3) is 0.188. The van der Waals surface area contributed by atoms with E-state index in [0.717, 1.165) is 6.42 Å². The lowest BCUT2D eigenvalue weighted by atomic mass is 10.1. The number of carbonyl (C=O) groups excluding carboxylic acids is 1. The zero-order valence-electron chi connectivity index (χ0n) is 11.5. The van der Waals surface area contributed by atoms with Gasteiger partial charge in [-0.15, -0.1) is 0 Å². The maximum atomic E-state index is 13.7. The van der Waals surface area contributed by atoms with Gasteiger partial charge in [0, 0.05) is 18.2 Å². The van der Waals surface area contributed by atoms with E-state index in [4.69, 9.17) is 4.42 Å². The quantitative estimate of drug-likeness (QED) is 0.679. The second-order valence-corrected chi connectivity index (χ2v) is 4.72. The van der Waals surface area contributed by atoms with Crippen molar-refractivity contribution in [2.75, 3.05) is 0 Å². The average molecular weight is 284 g/mol. The topological polar surface area (TPSA) is 56.0 Å². The van der Waals surface area contributed by atoms with E-state index in [1.807, 2.05) is 6.92 Å². The summed E-state index contributed by atoms with van der Waals surface area (Å²) in [6, 6.07) is 7.86. The molecule has 2 heterocycles. The Balaban J connectivity index is 2.05. The zero-order valence-corrected chi connectivity index (χ0v) is 11.5. The molecule has 0 spiro atoms. The SMILES string of the molecule is CCCC(=O)c1cnc2oc(-c3ccccc3F)nc2c1. The van der Waals surface area contributed by atoms with Crippen LogP contribution < -0.4 is 0 Å². The average Bonchev–Trinajstić information content (AvgIpc) is 2.90. The molecule has 0 aliphatic carbocycles. The van der Waals surface area contributed by atoms with Crippen LogP contribution >= 0.6 is 0 Å². The molecule has 106 valence electrons. The van der Waals surface area contributed by atoms with Crippen LogP contribution in [0.15, 0.2) is 40.9 Å². The van der Waals surface area contributed by atoms with Gasteiger partial charge in [-0.05, 0) is 24.6 Å². The van der Waals surface area contributed by atoms with E-state index in [2.05, 4.69) is 9.97 Å². The van der Waals surface area contributed by atoms with E-state index >= 15 is 0 Å². The van der Waals surface area contributed by atoms with E-state index in [9.17, 15) is 9.18 Å². The lowest BCUT2D eigenvalue weighted by Crippen LogP contribution is -1.98. The van der Waals surface area contributed by atoms with Crippen LogP contribution in [0.2, 0.25) is 0 Å². The second kappa shape index (κ2) is 5.44. The zero-order chi connectivity index (χ0) is 14.8. The van der Waals surface area contributed by atoms with E-state index in [0.29, 0.717) is 23.2 Å². The molecule has 3 rings (SSSR count). The van der Waals surface area contributed by atoms with Crippen molar-refractivity contribution >= 4 is 17.0 Å². The number of Topliss-reactive ketones (excluding diaryl/α,β-unsaturated/α-hetero) is 1. The van der Waals surface area contributed by atoms with Gasteiger partial charge in [-0.2, -0.15) is 0 Å². The van der Waals surface area contributed by atoms with Crippen molar-refractivity contribution in [3.8, 4) is 11.5 Å². The maximum Gasteiger partial charge on any atom is 0.247 e. The molecule has 0 aliphatic heterocycles. The van der Waals surface area contributed by atoms with Crippen molar-refractivity contribution in [1.29, 1.82) is 0 Å². The summed E-state index contributed by atoms with van der Waals surface area (Å²) in [6.07, 6.45) is 2.71. The standard InChI is InChI=1S/C16H13FN2O2/c1-2-5-14(20)10-8-13-16(18-9-10)21-15(19-13)11-6-3-4-7-12(11)17/h3-4,6-9H,2,5H2,1H3. The van der Waals surface area contributed by atoms with Crippen LogP contribution in [0.25, 0.3) is 22.7 Å². The van der Waals surface area contributed by atoms with Gasteiger partial charge >= 0.3 is 0 Å². The van der Waals surface area contributed by atoms with E-state index in [-0.39, 0.29) is 17.2 Å². The van der Waals surface area contributed by atoms with Crippen molar-refractivity contribution in [2.45, 2.75) is 19.8 Å². The Kier molecular flexibility index (Phi) is 3.48. The number of hydrogen-bond acceptors (Lipinski definition) is 4. The highest BCUT2D eigenvalue weighted by Gasteiger charge is 2.14. The first-order chi connectivity index (χ1) is 10.2. The van der Waals surface area contributed by atoms with Crippen LogP contribution in [0.5, 0.6) is 0 Å². The molecule has 0 unspecified atom stereocenters. The summed E-state index contributed by atoms with van der Waals surface area (Å²) in [5.41, 5.74) is 1.52. The summed E-state index contributed by atoms with van der Waals surface area (Å²) < 4.78 is 19.2.